The Morgan fingerprint density at radius 2 is 1.81 bits per heavy atom. The predicted molar refractivity (Wildman–Crippen MR) is 125 cm³/mol. The molecule has 2 aromatic heterocycles. The summed E-state index contributed by atoms with van der Waals surface area (Å²) in [6.07, 6.45) is 2.51. The van der Waals surface area contributed by atoms with E-state index in [9.17, 15) is 9.18 Å². The fourth-order valence-electron chi connectivity index (χ4n) is 3.15. The highest BCUT2D eigenvalue weighted by molar-refractivity contribution is 8.00. The first-order valence-electron chi connectivity index (χ1n) is 10.4. The van der Waals surface area contributed by atoms with Gasteiger partial charge in [0.25, 0.3) is 0 Å². The molecule has 164 valence electrons. The number of thioether (sulfide) groups is 1. The number of aromatic nitrogens is 4. The van der Waals surface area contributed by atoms with Gasteiger partial charge in [-0.2, -0.15) is 5.10 Å². The molecule has 0 aliphatic heterocycles. The standard InChI is InChI=1S/C24H24FN5OS/c1-4-24(2,3)29-20(31)15-32-23-18-14-26-30(16-10-6-5-7-11-16)22(18)27-21(28-23)17-12-8-9-13-19(17)25/h5-14H,4,15H2,1-3H3,(H,29,31). The summed E-state index contributed by atoms with van der Waals surface area (Å²) < 4.78 is 16.2. The van der Waals surface area contributed by atoms with Crippen LogP contribution >= 0.6 is 11.8 Å². The normalized spacial score (nSPS) is 11.6. The number of rotatable bonds is 7. The van der Waals surface area contributed by atoms with Gasteiger partial charge in [-0.25, -0.2) is 19.0 Å². The molecule has 0 unspecified atom stereocenters. The van der Waals surface area contributed by atoms with E-state index in [-0.39, 0.29) is 23.0 Å². The average molecular weight is 450 g/mol. The molecule has 0 atom stereocenters. The molecular formula is C24H24FN5OS. The van der Waals surface area contributed by atoms with E-state index in [2.05, 4.69) is 20.4 Å². The summed E-state index contributed by atoms with van der Waals surface area (Å²) in [7, 11) is 0. The van der Waals surface area contributed by atoms with Crippen LogP contribution in [-0.2, 0) is 4.79 Å². The Labute approximate surface area is 190 Å². The van der Waals surface area contributed by atoms with E-state index in [1.807, 2.05) is 51.1 Å². The van der Waals surface area contributed by atoms with Crippen molar-refractivity contribution >= 4 is 28.7 Å². The molecular weight excluding hydrogens is 425 g/mol. The van der Waals surface area contributed by atoms with Crippen molar-refractivity contribution < 1.29 is 9.18 Å². The minimum Gasteiger partial charge on any atom is -0.351 e. The van der Waals surface area contributed by atoms with Gasteiger partial charge in [0, 0.05) is 5.54 Å². The van der Waals surface area contributed by atoms with Crippen molar-refractivity contribution in [2.24, 2.45) is 0 Å². The quantitative estimate of drug-likeness (QED) is 0.317. The van der Waals surface area contributed by atoms with Gasteiger partial charge in [0.2, 0.25) is 5.91 Å². The van der Waals surface area contributed by atoms with Crippen molar-refractivity contribution in [2.75, 3.05) is 5.75 Å². The SMILES string of the molecule is CCC(C)(C)NC(=O)CSc1nc(-c2ccccc2F)nc2c1cnn2-c1ccccc1. The molecule has 0 saturated carbocycles. The van der Waals surface area contributed by atoms with Crippen LogP contribution in [0.15, 0.2) is 65.8 Å². The second-order valence-electron chi connectivity index (χ2n) is 8.04. The summed E-state index contributed by atoms with van der Waals surface area (Å²) >= 11 is 1.29. The van der Waals surface area contributed by atoms with Crippen molar-refractivity contribution in [3.05, 3.63) is 66.6 Å². The summed E-state index contributed by atoms with van der Waals surface area (Å²) in [5.74, 6) is -0.0550. The Kier molecular flexibility index (Phi) is 6.23. The lowest BCUT2D eigenvalue weighted by Gasteiger charge is -2.24. The highest BCUT2D eigenvalue weighted by atomic mass is 32.2. The molecule has 0 radical (unpaired) electrons. The average Bonchev–Trinajstić information content (AvgIpc) is 3.22. The van der Waals surface area contributed by atoms with Crippen LogP contribution in [0.3, 0.4) is 0 Å². The fraction of sp³-hybridized carbons (Fsp3) is 0.250. The zero-order valence-electron chi connectivity index (χ0n) is 18.2. The van der Waals surface area contributed by atoms with E-state index >= 15 is 0 Å². The van der Waals surface area contributed by atoms with Crippen LogP contribution in [-0.4, -0.2) is 36.9 Å². The first kappa shape index (κ1) is 22.0. The zero-order valence-corrected chi connectivity index (χ0v) is 19.0. The lowest BCUT2D eigenvalue weighted by Crippen LogP contribution is -2.43. The summed E-state index contributed by atoms with van der Waals surface area (Å²) in [5, 5.41) is 8.81. The van der Waals surface area contributed by atoms with Crippen molar-refractivity contribution in [1.82, 2.24) is 25.1 Å². The van der Waals surface area contributed by atoms with Gasteiger partial charge in [0.15, 0.2) is 11.5 Å². The molecule has 0 aliphatic carbocycles. The van der Waals surface area contributed by atoms with Crippen molar-refractivity contribution in [3.63, 3.8) is 0 Å². The number of fused-ring (bicyclic) bond motifs is 1. The van der Waals surface area contributed by atoms with Crippen LogP contribution in [0.4, 0.5) is 4.39 Å². The number of carbonyl (C=O) groups is 1. The molecule has 0 aliphatic rings. The summed E-state index contributed by atoms with van der Waals surface area (Å²) in [6.45, 7) is 6.00. The molecule has 32 heavy (non-hydrogen) atoms. The van der Waals surface area contributed by atoms with E-state index in [1.54, 1.807) is 29.1 Å². The topological polar surface area (TPSA) is 72.7 Å². The molecule has 1 amide bonds. The van der Waals surface area contributed by atoms with Gasteiger partial charge < -0.3 is 5.32 Å². The summed E-state index contributed by atoms with van der Waals surface area (Å²) in [6, 6.07) is 16.0. The number of nitrogens with zero attached hydrogens (tertiary/aromatic N) is 4. The Bertz CT molecular complexity index is 1260. The molecule has 2 heterocycles. The fourth-order valence-corrected chi connectivity index (χ4v) is 3.94. The van der Waals surface area contributed by atoms with E-state index in [0.29, 0.717) is 21.6 Å². The molecule has 4 aromatic rings. The summed E-state index contributed by atoms with van der Waals surface area (Å²) in [4.78, 5) is 21.8. The molecule has 8 heteroatoms. The third-order valence-electron chi connectivity index (χ3n) is 5.21. The van der Waals surface area contributed by atoms with E-state index in [0.717, 1.165) is 12.1 Å². The minimum atomic E-state index is -0.406. The Morgan fingerprint density at radius 1 is 1.09 bits per heavy atom. The van der Waals surface area contributed by atoms with Gasteiger partial charge >= 0.3 is 0 Å². The lowest BCUT2D eigenvalue weighted by molar-refractivity contribution is -0.120. The molecule has 0 saturated heterocycles. The number of hydrogen-bond acceptors (Lipinski definition) is 5. The third kappa shape index (κ3) is 4.65. The zero-order chi connectivity index (χ0) is 22.7. The van der Waals surface area contributed by atoms with Gasteiger partial charge in [-0.15, -0.1) is 0 Å². The lowest BCUT2D eigenvalue weighted by atomic mass is 10.0. The van der Waals surface area contributed by atoms with Gasteiger partial charge in [0.05, 0.1) is 28.6 Å². The highest BCUT2D eigenvalue weighted by Gasteiger charge is 2.20. The highest BCUT2D eigenvalue weighted by Crippen LogP contribution is 2.30. The first-order valence-corrected chi connectivity index (χ1v) is 11.4. The van der Waals surface area contributed by atoms with E-state index in [1.165, 1.54) is 17.8 Å². The van der Waals surface area contributed by atoms with E-state index in [4.69, 9.17) is 0 Å². The van der Waals surface area contributed by atoms with Crippen LogP contribution in [0.1, 0.15) is 27.2 Å². The Morgan fingerprint density at radius 3 is 2.53 bits per heavy atom. The Hall–Kier alpha value is -3.26. The maximum Gasteiger partial charge on any atom is 0.230 e. The monoisotopic (exact) mass is 449 g/mol. The van der Waals surface area contributed by atoms with Crippen LogP contribution in [0.2, 0.25) is 0 Å². The van der Waals surface area contributed by atoms with Gasteiger partial charge in [-0.05, 0) is 44.5 Å². The number of amides is 1. The number of halogens is 1. The minimum absolute atomic E-state index is 0.0866. The number of benzene rings is 2. The van der Waals surface area contributed by atoms with Crippen LogP contribution in [0.5, 0.6) is 0 Å². The number of nitrogens with one attached hydrogen (secondary N) is 1. The van der Waals surface area contributed by atoms with Crippen LogP contribution < -0.4 is 5.32 Å². The molecule has 0 spiro atoms. The van der Waals surface area contributed by atoms with Crippen LogP contribution in [0, 0.1) is 5.82 Å². The number of carbonyl (C=O) groups excluding carboxylic acids is 1. The second kappa shape index (κ2) is 9.08. The smallest absolute Gasteiger partial charge is 0.230 e. The second-order valence-corrected chi connectivity index (χ2v) is 9.00. The molecule has 1 N–H and O–H groups in total. The third-order valence-corrected chi connectivity index (χ3v) is 6.20. The first-order chi connectivity index (χ1) is 15.4. The molecule has 6 nitrogen and oxygen atoms in total. The van der Waals surface area contributed by atoms with Gasteiger partial charge in [-0.3, -0.25) is 4.79 Å². The maximum absolute atomic E-state index is 14.5. The largest absolute Gasteiger partial charge is 0.351 e. The van der Waals surface area contributed by atoms with Crippen LogP contribution in [0.25, 0.3) is 28.1 Å². The molecule has 2 aromatic carbocycles. The van der Waals surface area contributed by atoms with Crippen molar-refractivity contribution in [2.45, 2.75) is 37.8 Å². The van der Waals surface area contributed by atoms with E-state index < -0.39 is 5.82 Å². The van der Waals surface area contributed by atoms with Gasteiger partial charge in [-0.1, -0.05) is 49.0 Å². The van der Waals surface area contributed by atoms with Crippen molar-refractivity contribution in [1.29, 1.82) is 0 Å². The molecule has 0 bridgehead atoms. The predicted octanol–water partition coefficient (Wildman–Crippen LogP) is 5.02. The maximum atomic E-state index is 14.5. The van der Waals surface area contributed by atoms with Gasteiger partial charge in [0.1, 0.15) is 10.8 Å². The number of para-hydroxylation sites is 1. The number of hydrogen-bond donors (Lipinski definition) is 1. The van der Waals surface area contributed by atoms with Crippen molar-refractivity contribution in [3.8, 4) is 17.1 Å². The molecule has 0 fully saturated rings. The molecule has 4 rings (SSSR count). The Balaban J connectivity index is 1.76. The summed E-state index contributed by atoms with van der Waals surface area (Å²) in [5.41, 5.74) is 1.41.